The van der Waals surface area contributed by atoms with Gasteiger partial charge in [-0.15, -0.1) is 0 Å². The number of rotatable bonds is 3. The predicted molar refractivity (Wildman–Crippen MR) is 118 cm³/mol. The van der Waals surface area contributed by atoms with Crippen LogP contribution in [0, 0.1) is 5.82 Å². The van der Waals surface area contributed by atoms with Crippen LogP contribution in [0.2, 0.25) is 0 Å². The van der Waals surface area contributed by atoms with Crippen LogP contribution < -0.4 is 41.6 Å². The number of benzene rings is 1. The topological polar surface area (TPSA) is 91.5 Å². The molecule has 0 saturated heterocycles. The van der Waals surface area contributed by atoms with Gasteiger partial charge in [0.05, 0.1) is 0 Å². The number of ether oxygens (including phenoxy) is 2. The molecule has 5 rings (SSSR count). The molecular formula is C23H24FIN5O3-. The van der Waals surface area contributed by atoms with Gasteiger partial charge in [-0.05, 0) is 0 Å². The van der Waals surface area contributed by atoms with Crippen LogP contribution in [0.4, 0.5) is 15.8 Å². The van der Waals surface area contributed by atoms with E-state index in [1.165, 1.54) is 13.2 Å². The SMILES string of the molecule is COc1c(F)cccc1Nc1c2[nH]c3c1C(=O)NC[C@H]3[I-]N(C)CCCOc1cnccc1-2. The van der Waals surface area contributed by atoms with Crippen LogP contribution in [0.25, 0.3) is 11.3 Å². The molecule has 1 amide bonds. The van der Waals surface area contributed by atoms with E-state index in [1.807, 2.05) is 6.07 Å². The van der Waals surface area contributed by atoms with Gasteiger partial charge in [-0.25, -0.2) is 0 Å². The maximum atomic E-state index is 14.4. The zero-order chi connectivity index (χ0) is 22.9. The van der Waals surface area contributed by atoms with Crippen LogP contribution in [-0.2, 0) is 0 Å². The summed E-state index contributed by atoms with van der Waals surface area (Å²) in [5, 5.41) is 6.34. The Morgan fingerprint density at radius 1 is 1.36 bits per heavy atom. The normalized spacial score (nSPS) is 18.5. The molecule has 2 aromatic heterocycles. The van der Waals surface area contributed by atoms with Crippen molar-refractivity contribution < 1.29 is 40.1 Å². The number of anilines is 2. The number of para-hydroxylation sites is 1. The van der Waals surface area contributed by atoms with E-state index < -0.39 is 27.3 Å². The van der Waals surface area contributed by atoms with Crippen molar-refractivity contribution in [2.75, 3.05) is 39.2 Å². The molecule has 8 nitrogen and oxygen atoms in total. The summed E-state index contributed by atoms with van der Waals surface area (Å²) in [6.45, 7) is 2.07. The van der Waals surface area contributed by atoms with Gasteiger partial charge >= 0.3 is 202 Å². The molecular weight excluding hydrogens is 540 g/mol. The van der Waals surface area contributed by atoms with E-state index in [0.29, 0.717) is 41.5 Å². The van der Waals surface area contributed by atoms with E-state index in [4.69, 9.17) is 9.47 Å². The third-order valence-corrected chi connectivity index (χ3v) is 8.82. The fourth-order valence-electron chi connectivity index (χ4n) is 4.14. The molecule has 3 aromatic rings. The average Bonchev–Trinajstić information content (AvgIpc) is 3.18. The number of halogens is 2. The number of carbonyl (C=O) groups excluding carboxylic acids is 1. The Hall–Kier alpha value is -2.86. The standard InChI is InChI=1S/C23H24FIN5O3/c1-30-9-4-10-33-17-12-26-8-7-13(17)19-21(28-16-6-3-5-14(24)22(16)32-2)18-20(29-19)15(25-30)11-27-23(18)31/h3,5-8,12,15,28-29H,4,9-11H2,1-2H3,(H,27,31)/q-1/t15-/m1/s1. The summed E-state index contributed by atoms with van der Waals surface area (Å²) in [6.07, 6.45) is 4.27. The van der Waals surface area contributed by atoms with Crippen LogP contribution in [0.15, 0.2) is 36.7 Å². The zero-order valence-electron chi connectivity index (χ0n) is 18.2. The molecule has 10 heteroatoms. The number of hydrogen-bond donors (Lipinski definition) is 3. The molecule has 0 fully saturated rings. The fourth-order valence-corrected chi connectivity index (χ4v) is 7.07. The van der Waals surface area contributed by atoms with Gasteiger partial charge in [0.15, 0.2) is 0 Å². The molecule has 174 valence electrons. The maximum absolute atomic E-state index is 14.4. The van der Waals surface area contributed by atoms with Gasteiger partial charge in [0.25, 0.3) is 0 Å². The first-order valence-electron chi connectivity index (χ1n) is 10.6. The van der Waals surface area contributed by atoms with E-state index >= 15 is 0 Å². The van der Waals surface area contributed by atoms with Crippen LogP contribution in [-0.4, -0.2) is 52.8 Å². The summed E-state index contributed by atoms with van der Waals surface area (Å²) in [4.78, 5) is 20.9. The number of aromatic nitrogens is 2. The molecule has 2 aliphatic heterocycles. The number of H-pyrrole nitrogens is 1. The molecule has 3 N–H and O–H groups in total. The van der Waals surface area contributed by atoms with Crippen LogP contribution in [0.3, 0.4) is 0 Å². The molecule has 2 aliphatic rings. The summed E-state index contributed by atoms with van der Waals surface area (Å²) >= 11 is -0.397. The second-order valence-corrected chi connectivity index (χ2v) is 11.5. The third-order valence-electron chi connectivity index (χ3n) is 5.65. The zero-order valence-corrected chi connectivity index (χ0v) is 20.4. The predicted octanol–water partition coefficient (Wildman–Crippen LogP) is 0.471. The van der Waals surface area contributed by atoms with Crippen LogP contribution in [0.1, 0.15) is 26.4 Å². The molecule has 0 spiro atoms. The Labute approximate surface area is 201 Å². The summed E-state index contributed by atoms with van der Waals surface area (Å²) < 4.78 is 28.3. The van der Waals surface area contributed by atoms with Crippen molar-refractivity contribution >= 4 is 17.3 Å². The summed E-state index contributed by atoms with van der Waals surface area (Å²) in [5.41, 5.74) is 3.94. The summed E-state index contributed by atoms with van der Waals surface area (Å²) in [6, 6.07) is 6.53. The Bertz CT molecular complexity index is 1200. The number of nitrogens with one attached hydrogen (secondary N) is 3. The molecule has 2 bridgehead atoms. The van der Waals surface area contributed by atoms with E-state index in [2.05, 4.69) is 30.8 Å². The van der Waals surface area contributed by atoms with Crippen molar-refractivity contribution in [3.8, 4) is 22.8 Å². The molecule has 1 atom stereocenters. The molecule has 0 radical (unpaired) electrons. The van der Waals surface area contributed by atoms with Gasteiger partial charge in [-0.3, -0.25) is 0 Å². The van der Waals surface area contributed by atoms with Gasteiger partial charge in [-0.2, -0.15) is 0 Å². The van der Waals surface area contributed by atoms with Crippen LogP contribution >= 0.6 is 0 Å². The number of pyridine rings is 1. The van der Waals surface area contributed by atoms with Gasteiger partial charge in [0.1, 0.15) is 0 Å². The number of alkyl halides is 1. The Morgan fingerprint density at radius 3 is 3.09 bits per heavy atom. The van der Waals surface area contributed by atoms with E-state index in [0.717, 1.165) is 24.2 Å². The van der Waals surface area contributed by atoms with Crippen molar-refractivity contribution in [2.24, 2.45) is 0 Å². The first-order chi connectivity index (χ1) is 16.1. The van der Waals surface area contributed by atoms with Crippen molar-refractivity contribution in [1.29, 1.82) is 0 Å². The molecule has 1 aromatic carbocycles. The van der Waals surface area contributed by atoms with E-state index in [9.17, 15) is 9.18 Å². The Morgan fingerprint density at radius 2 is 2.24 bits per heavy atom. The molecule has 4 heterocycles. The number of carbonyl (C=O) groups is 1. The quantitative estimate of drug-likeness (QED) is 0.244. The van der Waals surface area contributed by atoms with Crippen molar-refractivity contribution in [3.63, 3.8) is 0 Å². The summed E-state index contributed by atoms with van der Waals surface area (Å²) in [7, 11) is 3.54. The van der Waals surface area contributed by atoms with Gasteiger partial charge < -0.3 is 0 Å². The van der Waals surface area contributed by atoms with Gasteiger partial charge in [-0.1, -0.05) is 0 Å². The van der Waals surface area contributed by atoms with Crippen molar-refractivity contribution in [1.82, 2.24) is 18.4 Å². The number of amides is 1. The Kier molecular flexibility index (Phi) is 6.11. The molecule has 0 unspecified atom stereocenters. The number of fused-ring (bicyclic) bond motifs is 3. The monoisotopic (exact) mass is 564 g/mol. The first-order valence-corrected chi connectivity index (χ1v) is 12.8. The van der Waals surface area contributed by atoms with Crippen molar-refractivity contribution in [2.45, 2.75) is 10.3 Å². The minimum atomic E-state index is -0.484. The number of nitrogens with zero attached hydrogens (tertiary/aromatic N) is 2. The van der Waals surface area contributed by atoms with Gasteiger partial charge in [0.2, 0.25) is 0 Å². The van der Waals surface area contributed by atoms with Crippen molar-refractivity contribution in [3.05, 3.63) is 53.7 Å². The number of methoxy groups -OCH3 is 1. The number of hydrogen-bond acceptors (Lipinski definition) is 6. The molecule has 0 aliphatic carbocycles. The average molecular weight is 564 g/mol. The fraction of sp³-hybridized carbons (Fsp3) is 0.304. The second-order valence-electron chi connectivity index (χ2n) is 7.79. The Balaban J connectivity index is 1.73. The second kappa shape index (κ2) is 9.18. The first kappa shape index (κ1) is 22.0. The van der Waals surface area contributed by atoms with E-state index in [1.54, 1.807) is 24.5 Å². The minimum absolute atomic E-state index is 0.0856. The third kappa shape index (κ3) is 4.12. The molecule has 0 saturated carbocycles. The van der Waals surface area contributed by atoms with Gasteiger partial charge in [0, 0.05) is 0 Å². The number of aromatic amines is 1. The summed E-state index contributed by atoms with van der Waals surface area (Å²) in [5.74, 6) is 0.0597. The van der Waals surface area contributed by atoms with E-state index in [-0.39, 0.29) is 15.6 Å². The van der Waals surface area contributed by atoms with Crippen LogP contribution in [0.5, 0.6) is 11.5 Å². The molecule has 33 heavy (non-hydrogen) atoms.